The maximum Gasteiger partial charge on any atom is 0.318 e. The summed E-state index contributed by atoms with van der Waals surface area (Å²) in [6.07, 6.45) is 7.15. The van der Waals surface area contributed by atoms with Gasteiger partial charge < -0.3 is 15.0 Å². The summed E-state index contributed by atoms with van der Waals surface area (Å²) < 4.78 is 5.61. The average Bonchev–Trinajstić information content (AvgIpc) is 3.19. The van der Waals surface area contributed by atoms with E-state index in [0.29, 0.717) is 6.54 Å². The van der Waals surface area contributed by atoms with Gasteiger partial charge in [-0.25, -0.2) is 14.8 Å². The van der Waals surface area contributed by atoms with Gasteiger partial charge in [0, 0.05) is 42.8 Å². The molecular weight excluding hydrogens is 316 g/mol. The van der Waals surface area contributed by atoms with E-state index in [2.05, 4.69) is 31.1 Å². The Hall–Kier alpha value is -1.69. The molecule has 0 radical (unpaired) electrons. The van der Waals surface area contributed by atoms with Crippen molar-refractivity contribution in [2.75, 3.05) is 13.2 Å². The van der Waals surface area contributed by atoms with Gasteiger partial charge in [0.05, 0.1) is 17.8 Å². The molecule has 1 aromatic rings. The minimum Gasteiger partial charge on any atom is -0.376 e. The Balaban J connectivity index is 1.50. The monoisotopic (exact) mass is 344 g/mol. The van der Waals surface area contributed by atoms with Crippen LogP contribution in [0.5, 0.6) is 0 Å². The fourth-order valence-electron chi connectivity index (χ4n) is 4.25. The summed E-state index contributed by atoms with van der Waals surface area (Å²) in [5.41, 5.74) is 2.22. The summed E-state index contributed by atoms with van der Waals surface area (Å²) in [5, 5.41) is 3.08. The number of rotatable bonds is 2. The SMILES string of the molecule is CC(C)(C)c1ncc2c(n1)CC1CCC2N1C(=O)NCC1CCCO1. The Morgan fingerprint density at radius 1 is 1.36 bits per heavy atom. The van der Waals surface area contributed by atoms with Crippen molar-refractivity contribution in [1.82, 2.24) is 20.2 Å². The van der Waals surface area contributed by atoms with Crippen LogP contribution in [-0.4, -0.2) is 46.2 Å². The molecule has 0 spiro atoms. The highest BCUT2D eigenvalue weighted by Crippen LogP contribution is 2.43. The van der Waals surface area contributed by atoms with Crippen molar-refractivity contribution in [3.05, 3.63) is 23.3 Å². The first kappa shape index (κ1) is 16.8. The van der Waals surface area contributed by atoms with Crippen LogP contribution in [0.2, 0.25) is 0 Å². The Bertz CT molecular complexity index is 664. The molecule has 0 aromatic carbocycles. The first-order valence-electron chi connectivity index (χ1n) is 9.47. The van der Waals surface area contributed by atoms with Gasteiger partial charge in [-0.15, -0.1) is 0 Å². The number of hydrogen-bond donors (Lipinski definition) is 1. The number of amides is 2. The van der Waals surface area contributed by atoms with Crippen molar-refractivity contribution in [3.8, 4) is 0 Å². The standard InChI is InChI=1S/C19H28N4O2/c1-19(2,3)17-20-11-14-15(22-17)9-12-6-7-16(14)23(12)18(24)21-10-13-5-4-8-25-13/h11-13,16H,4-10H2,1-3H3,(H,21,24). The smallest absolute Gasteiger partial charge is 0.318 e. The van der Waals surface area contributed by atoms with Crippen LogP contribution in [0.1, 0.15) is 69.6 Å². The molecule has 136 valence electrons. The van der Waals surface area contributed by atoms with Crippen LogP contribution in [-0.2, 0) is 16.6 Å². The Morgan fingerprint density at radius 3 is 2.92 bits per heavy atom. The average molecular weight is 344 g/mol. The molecule has 3 unspecified atom stereocenters. The van der Waals surface area contributed by atoms with E-state index in [-0.39, 0.29) is 29.6 Å². The third kappa shape index (κ3) is 3.12. The fourth-order valence-corrected chi connectivity index (χ4v) is 4.25. The van der Waals surface area contributed by atoms with E-state index in [4.69, 9.17) is 9.72 Å². The topological polar surface area (TPSA) is 67.4 Å². The molecule has 1 aromatic heterocycles. The second kappa shape index (κ2) is 6.24. The normalized spacial score (nSPS) is 28.1. The van der Waals surface area contributed by atoms with Gasteiger partial charge in [-0.2, -0.15) is 0 Å². The van der Waals surface area contributed by atoms with Crippen LogP contribution in [0.4, 0.5) is 4.79 Å². The van der Waals surface area contributed by atoms with E-state index in [1.165, 1.54) is 0 Å². The first-order valence-corrected chi connectivity index (χ1v) is 9.47. The molecule has 0 saturated carbocycles. The van der Waals surface area contributed by atoms with Crippen molar-refractivity contribution >= 4 is 6.03 Å². The zero-order chi connectivity index (χ0) is 17.6. The molecule has 0 aliphatic carbocycles. The Morgan fingerprint density at radius 2 is 2.20 bits per heavy atom. The zero-order valence-corrected chi connectivity index (χ0v) is 15.4. The zero-order valence-electron chi connectivity index (χ0n) is 15.4. The van der Waals surface area contributed by atoms with Gasteiger partial charge >= 0.3 is 6.03 Å². The quantitative estimate of drug-likeness (QED) is 0.896. The number of carbonyl (C=O) groups is 1. The number of urea groups is 1. The van der Waals surface area contributed by atoms with E-state index in [9.17, 15) is 4.79 Å². The first-order chi connectivity index (χ1) is 11.9. The van der Waals surface area contributed by atoms with Crippen molar-refractivity contribution < 1.29 is 9.53 Å². The second-order valence-corrected chi connectivity index (χ2v) is 8.53. The number of fused-ring (bicyclic) bond motifs is 4. The number of nitrogens with one attached hydrogen (secondary N) is 1. The molecular formula is C19H28N4O2. The number of aromatic nitrogens is 2. The molecule has 4 rings (SSSR count). The van der Waals surface area contributed by atoms with Crippen LogP contribution in [0, 0.1) is 0 Å². The van der Waals surface area contributed by atoms with E-state index < -0.39 is 0 Å². The van der Waals surface area contributed by atoms with Crippen molar-refractivity contribution in [1.29, 1.82) is 0 Å². The lowest BCUT2D eigenvalue weighted by Crippen LogP contribution is -2.49. The molecule has 4 heterocycles. The van der Waals surface area contributed by atoms with Gasteiger partial charge in [-0.3, -0.25) is 0 Å². The Kier molecular flexibility index (Phi) is 4.18. The summed E-state index contributed by atoms with van der Waals surface area (Å²) in [5.74, 6) is 0.891. The van der Waals surface area contributed by atoms with E-state index in [1.54, 1.807) is 0 Å². The third-order valence-corrected chi connectivity index (χ3v) is 5.60. The molecule has 2 fully saturated rings. The maximum absolute atomic E-state index is 12.8. The lowest BCUT2D eigenvalue weighted by molar-refractivity contribution is 0.106. The van der Waals surface area contributed by atoms with Crippen LogP contribution < -0.4 is 5.32 Å². The van der Waals surface area contributed by atoms with E-state index in [0.717, 1.165) is 55.8 Å². The van der Waals surface area contributed by atoms with Crippen LogP contribution in [0.25, 0.3) is 0 Å². The van der Waals surface area contributed by atoms with Crippen LogP contribution in [0.15, 0.2) is 6.20 Å². The molecule has 2 saturated heterocycles. The lowest BCUT2D eigenvalue weighted by Gasteiger charge is -2.36. The molecule has 3 atom stereocenters. The maximum atomic E-state index is 12.8. The van der Waals surface area contributed by atoms with E-state index in [1.807, 2.05) is 11.1 Å². The summed E-state index contributed by atoms with van der Waals surface area (Å²) in [6.45, 7) is 7.84. The van der Waals surface area contributed by atoms with Gasteiger partial charge in [0.2, 0.25) is 0 Å². The summed E-state index contributed by atoms with van der Waals surface area (Å²) in [4.78, 5) is 24.2. The number of carbonyl (C=O) groups excluding carboxylic acids is 1. The highest BCUT2D eigenvalue weighted by Gasteiger charge is 2.43. The predicted molar refractivity (Wildman–Crippen MR) is 94.4 cm³/mol. The van der Waals surface area contributed by atoms with E-state index >= 15 is 0 Å². The number of ether oxygens (including phenoxy) is 1. The van der Waals surface area contributed by atoms with Crippen molar-refractivity contribution in [2.45, 2.75) is 76.5 Å². The fraction of sp³-hybridized carbons (Fsp3) is 0.737. The number of hydrogen-bond acceptors (Lipinski definition) is 4. The largest absolute Gasteiger partial charge is 0.376 e. The van der Waals surface area contributed by atoms with Gasteiger partial charge in [0.1, 0.15) is 5.82 Å². The highest BCUT2D eigenvalue weighted by atomic mass is 16.5. The van der Waals surface area contributed by atoms with Crippen molar-refractivity contribution in [3.63, 3.8) is 0 Å². The highest BCUT2D eigenvalue weighted by molar-refractivity contribution is 5.76. The Labute approximate surface area is 149 Å². The summed E-state index contributed by atoms with van der Waals surface area (Å²) in [7, 11) is 0. The molecule has 3 aliphatic heterocycles. The minimum absolute atomic E-state index is 0.0357. The summed E-state index contributed by atoms with van der Waals surface area (Å²) >= 11 is 0. The molecule has 6 nitrogen and oxygen atoms in total. The van der Waals surface area contributed by atoms with Crippen LogP contribution >= 0.6 is 0 Å². The van der Waals surface area contributed by atoms with Gasteiger partial charge in [-0.1, -0.05) is 20.8 Å². The molecule has 25 heavy (non-hydrogen) atoms. The predicted octanol–water partition coefficient (Wildman–Crippen LogP) is 2.72. The molecule has 1 N–H and O–H groups in total. The lowest BCUT2D eigenvalue weighted by atomic mass is 9.93. The molecule has 6 heteroatoms. The van der Waals surface area contributed by atoms with Crippen molar-refractivity contribution in [2.24, 2.45) is 0 Å². The molecule has 3 aliphatic rings. The van der Waals surface area contributed by atoms with Gasteiger partial charge in [0.15, 0.2) is 0 Å². The molecule has 2 amide bonds. The third-order valence-electron chi connectivity index (χ3n) is 5.60. The van der Waals surface area contributed by atoms with Gasteiger partial charge in [-0.05, 0) is 25.7 Å². The molecule has 2 bridgehead atoms. The van der Waals surface area contributed by atoms with Crippen LogP contribution in [0.3, 0.4) is 0 Å². The summed E-state index contributed by atoms with van der Waals surface area (Å²) in [6, 6.07) is 0.408. The minimum atomic E-state index is -0.0517. The van der Waals surface area contributed by atoms with Gasteiger partial charge in [0.25, 0.3) is 0 Å². The number of nitrogens with zero attached hydrogens (tertiary/aromatic N) is 3. The second-order valence-electron chi connectivity index (χ2n) is 8.53.